The predicted molar refractivity (Wildman–Crippen MR) is 94.2 cm³/mol. The van der Waals surface area contributed by atoms with Gasteiger partial charge in [-0.25, -0.2) is 0 Å². The molecule has 5 nitrogen and oxygen atoms in total. The molecule has 0 saturated carbocycles. The number of Topliss-reactive ketones (excluding diaryl/α,β-unsaturated/α-hetero) is 1. The number of hydrogen-bond donors (Lipinski definition) is 2. The number of carbonyl (C=O) groups excluding carboxylic acids is 3. The second kappa shape index (κ2) is 6.57. The normalized spacial score (nSPS) is 19.4. The largest absolute Gasteiger partial charge is 0.334 e. The summed E-state index contributed by atoms with van der Waals surface area (Å²) in [5.41, 5.74) is -0.0111. The molecule has 0 saturated heterocycles. The number of amides is 2. The van der Waals surface area contributed by atoms with Gasteiger partial charge in [0.1, 0.15) is 0 Å². The van der Waals surface area contributed by atoms with Crippen LogP contribution in [0.5, 0.6) is 0 Å². The highest BCUT2D eigenvalue weighted by Gasteiger charge is 2.50. The van der Waals surface area contributed by atoms with Gasteiger partial charge >= 0.3 is 0 Å². The fourth-order valence-electron chi connectivity index (χ4n) is 2.84. The predicted octanol–water partition coefficient (Wildman–Crippen LogP) is 2.31. The average Bonchev–Trinajstić information content (AvgIpc) is 2.60. The molecule has 2 N–H and O–H groups in total. The number of rotatable bonds is 4. The SMILES string of the molecule is O=C(CBr)NC1(Cc2ccccc2)C(=O)Nc2ccccc2C1=O. The number of hydrogen-bond acceptors (Lipinski definition) is 3. The van der Waals surface area contributed by atoms with Crippen LogP contribution in [0.25, 0.3) is 0 Å². The number of carbonyl (C=O) groups is 3. The highest BCUT2D eigenvalue weighted by Crippen LogP contribution is 2.30. The molecule has 1 aliphatic heterocycles. The molecule has 122 valence electrons. The van der Waals surface area contributed by atoms with Gasteiger partial charge in [0.15, 0.2) is 11.3 Å². The van der Waals surface area contributed by atoms with Crippen LogP contribution in [-0.4, -0.2) is 28.5 Å². The monoisotopic (exact) mass is 386 g/mol. The van der Waals surface area contributed by atoms with E-state index in [9.17, 15) is 14.4 Å². The topological polar surface area (TPSA) is 75.3 Å². The smallest absolute Gasteiger partial charge is 0.258 e. The van der Waals surface area contributed by atoms with Gasteiger partial charge in [0.2, 0.25) is 5.91 Å². The van der Waals surface area contributed by atoms with Gasteiger partial charge in [-0.2, -0.15) is 0 Å². The van der Waals surface area contributed by atoms with Crippen molar-refractivity contribution < 1.29 is 14.4 Å². The van der Waals surface area contributed by atoms with E-state index in [0.717, 1.165) is 5.56 Å². The third-order valence-electron chi connectivity index (χ3n) is 3.98. The first-order valence-electron chi connectivity index (χ1n) is 7.43. The maximum Gasteiger partial charge on any atom is 0.258 e. The van der Waals surface area contributed by atoms with Gasteiger partial charge in [-0.1, -0.05) is 58.4 Å². The molecule has 0 aromatic heterocycles. The van der Waals surface area contributed by atoms with Crippen LogP contribution in [0.15, 0.2) is 54.6 Å². The maximum absolute atomic E-state index is 13.1. The Balaban J connectivity index is 2.09. The second-order valence-corrected chi connectivity index (χ2v) is 6.14. The van der Waals surface area contributed by atoms with Crippen LogP contribution in [0.4, 0.5) is 5.69 Å². The lowest BCUT2D eigenvalue weighted by Gasteiger charge is -2.36. The lowest BCUT2D eigenvalue weighted by atomic mass is 9.79. The number of halogens is 1. The first-order valence-corrected chi connectivity index (χ1v) is 8.55. The molecule has 1 heterocycles. The molecule has 1 unspecified atom stereocenters. The van der Waals surface area contributed by atoms with Crippen molar-refractivity contribution in [2.45, 2.75) is 12.0 Å². The molecule has 0 radical (unpaired) electrons. The number of benzene rings is 2. The fourth-order valence-corrected chi connectivity index (χ4v) is 2.98. The average molecular weight is 387 g/mol. The van der Waals surface area contributed by atoms with Crippen LogP contribution in [0, 0.1) is 0 Å². The number of ketones is 1. The van der Waals surface area contributed by atoms with E-state index in [1.807, 2.05) is 30.3 Å². The summed E-state index contributed by atoms with van der Waals surface area (Å²) in [7, 11) is 0. The highest BCUT2D eigenvalue weighted by molar-refractivity contribution is 9.09. The molecule has 0 bridgehead atoms. The van der Waals surface area contributed by atoms with Crippen LogP contribution < -0.4 is 10.6 Å². The minimum Gasteiger partial charge on any atom is -0.334 e. The van der Waals surface area contributed by atoms with E-state index in [-0.39, 0.29) is 11.8 Å². The quantitative estimate of drug-likeness (QED) is 0.625. The molecule has 2 amide bonds. The van der Waals surface area contributed by atoms with Crippen molar-refractivity contribution in [3.63, 3.8) is 0 Å². The Bertz CT molecular complexity index is 807. The van der Waals surface area contributed by atoms with Gasteiger partial charge in [0.05, 0.1) is 11.0 Å². The first-order chi connectivity index (χ1) is 11.6. The maximum atomic E-state index is 13.1. The molecule has 3 rings (SSSR count). The van der Waals surface area contributed by atoms with Gasteiger partial charge in [-0.05, 0) is 17.7 Å². The second-order valence-electron chi connectivity index (χ2n) is 5.58. The lowest BCUT2D eigenvalue weighted by Crippen LogP contribution is -2.65. The summed E-state index contributed by atoms with van der Waals surface area (Å²) in [6.07, 6.45) is 0.0889. The molecule has 0 fully saturated rings. The molecular formula is C18H15BrN2O3. The standard InChI is InChI=1S/C18H15BrN2O3/c19-11-15(22)21-18(10-12-6-2-1-3-7-12)16(23)13-8-4-5-9-14(13)20-17(18)24/h1-9H,10-11H2,(H,20,24)(H,21,22). The van der Waals surface area contributed by atoms with Crippen LogP contribution in [-0.2, 0) is 16.0 Å². The zero-order valence-electron chi connectivity index (χ0n) is 12.7. The van der Waals surface area contributed by atoms with E-state index in [1.54, 1.807) is 24.3 Å². The summed E-state index contributed by atoms with van der Waals surface area (Å²) in [5.74, 6) is -1.35. The van der Waals surface area contributed by atoms with Crippen molar-refractivity contribution >= 4 is 39.2 Å². The number of anilines is 1. The lowest BCUT2D eigenvalue weighted by molar-refractivity contribution is -0.127. The van der Waals surface area contributed by atoms with E-state index < -0.39 is 23.1 Å². The number of para-hydroxylation sites is 1. The Hall–Kier alpha value is -2.47. The van der Waals surface area contributed by atoms with Gasteiger partial charge < -0.3 is 10.6 Å². The Morgan fingerprint density at radius 1 is 1.04 bits per heavy atom. The Kier molecular flexibility index (Phi) is 4.49. The van der Waals surface area contributed by atoms with Crippen molar-refractivity contribution in [2.75, 3.05) is 10.6 Å². The van der Waals surface area contributed by atoms with Crippen LogP contribution in [0.2, 0.25) is 0 Å². The van der Waals surface area contributed by atoms with Crippen LogP contribution in [0.3, 0.4) is 0 Å². The molecule has 0 spiro atoms. The van der Waals surface area contributed by atoms with Gasteiger partial charge in [-0.3, -0.25) is 14.4 Å². The minimum absolute atomic E-state index is 0.00570. The summed E-state index contributed by atoms with van der Waals surface area (Å²) in [6.45, 7) is 0. The molecular weight excluding hydrogens is 372 g/mol. The Morgan fingerprint density at radius 3 is 2.42 bits per heavy atom. The molecule has 6 heteroatoms. The zero-order valence-corrected chi connectivity index (χ0v) is 14.3. The molecule has 1 atom stereocenters. The fraction of sp³-hybridized carbons (Fsp3) is 0.167. The minimum atomic E-state index is -1.65. The van der Waals surface area contributed by atoms with E-state index in [4.69, 9.17) is 0 Å². The van der Waals surface area contributed by atoms with Crippen molar-refractivity contribution in [3.05, 3.63) is 65.7 Å². The molecule has 24 heavy (non-hydrogen) atoms. The number of nitrogens with one attached hydrogen (secondary N) is 2. The molecule has 0 aliphatic carbocycles. The summed E-state index contributed by atoms with van der Waals surface area (Å²) in [5, 5.41) is 5.37. The Labute approximate surface area is 147 Å². The van der Waals surface area contributed by atoms with Crippen molar-refractivity contribution in [2.24, 2.45) is 0 Å². The van der Waals surface area contributed by atoms with Crippen molar-refractivity contribution in [1.29, 1.82) is 0 Å². The van der Waals surface area contributed by atoms with Gasteiger partial charge in [0, 0.05) is 12.0 Å². The Morgan fingerprint density at radius 2 is 1.71 bits per heavy atom. The van der Waals surface area contributed by atoms with Crippen molar-refractivity contribution in [1.82, 2.24) is 5.32 Å². The van der Waals surface area contributed by atoms with E-state index in [0.29, 0.717) is 11.3 Å². The third kappa shape index (κ3) is 2.85. The summed E-state index contributed by atoms with van der Waals surface area (Å²) in [4.78, 5) is 37.9. The van der Waals surface area contributed by atoms with E-state index in [1.165, 1.54) is 0 Å². The number of fused-ring (bicyclic) bond motifs is 1. The summed E-state index contributed by atoms with van der Waals surface area (Å²) in [6, 6.07) is 15.9. The van der Waals surface area contributed by atoms with E-state index in [2.05, 4.69) is 26.6 Å². The molecule has 2 aromatic carbocycles. The number of alkyl halides is 1. The zero-order chi connectivity index (χ0) is 17.2. The molecule has 2 aromatic rings. The summed E-state index contributed by atoms with van der Waals surface area (Å²) < 4.78 is 0. The summed E-state index contributed by atoms with van der Waals surface area (Å²) >= 11 is 3.07. The van der Waals surface area contributed by atoms with Gasteiger partial charge in [0.25, 0.3) is 5.91 Å². The first kappa shape index (κ1) is 16.4. The van der Waals surface area contributed by atoms with E-state index >= 15 is 0 Å². The molecule has 1 aliphatic rings. The highest BCUT2D eigenvalue weighted by atomic mass is 79.9. The van der Waals surface area contributed by atoms with Gasteiger partial charge in [-0.15, -0.1) is 0 Å². The van der Waals surface area contributed by atoms with Crippen LogP contribution >= 0.6 is 15.9 Å². The van der Waals surface area contributed by atoms with Crippen molar-refractivity contribution in [3.8, 4) is 0 Å². The van der Waals surface area contributed by atoms with Crippen LogP contribution in [0.1, 0.15) is 15.9 Å². The third-order valence-corrected chi connectivity index (χ3v) is 4.49.